The number of rotatable bonds is 4. The van der Waals surface area contributed by atoms with E-state index < -0.39 is 0 Å². The Morgan fingerprint density at radius 3 is 2.88 bits per heavy atom. The first kappa shape index (κ1) is 12.6. The Hall–Kier alpha value is -0.900. The molecule has 1 aromatic heterocycles. The summed E-state index contributed by atoms with van der Waals surface area (Å²) in [4.78, 5) is 4.63. The average Bonchev–Trinajstić information content (AvgIpc) is 2.70. The molecule has 4 heteroatoms. The van der Waals surface area contributed by atoms with Crippen LogP contribution in [0.2, 0.25) is 0 Å². The molecular weight excluding hydrogens is 212 g/mol. The lowest BCUT2D eigenvalue weighted by atomic mass is 9.94. The molecule has 0 saturated carbocycles. The van der Waals surface area contributed by atoms with Gasteiger partial charge in [-0.3, -0.25) is 4.68 Å². The minimum atomic E-state index is 0.422. The van der Waals surface area contributed by atoms with Crippen molar-refractivity contribution in [2.45, 2.75) is 45.4 Å². The van der Waals surface area contributed by atoms with Gasteiger partial charge in [0.25, 0.3) is 0 Å². The summed E-state index contributed by atoms with van der Waals surface area (Å²) in [5.41, 5.74) is 0. The van der Waals surface area contributed by atoms with E-state index in [1.165, 1.54) is 32.4 Å². The van der Waals surface area contributed by atoms with Gasteiger partial charge in [-0.2, -0.15) is 5.10 Å². The van der Waals surface area contributed by atoms with Gasteiger partial charge in [-0.25, -0.2) is 4.98 Å². The molecular formula is C13H24N4. The SMILES string of the molecule is CC(C)c1nc(CCC2CCCNC2)n(C)n1. The van der Waals surface area contributed by atoms with Crippen LogP contribution in [0.15, 0.2) is 0 Å². The van der Waals surface area contributed by atoms with Crippen LogP contribution in [0.25, 0.3) is 0 Å². The van der Waals surface area contributed by atoms with Crippen molar-refractivity contribution in [3.63, 3.8) is 0 Å². The summed E-state index contributed by atoms with van der Waals surface area (Å²) < 4.78 is 1.95. The summed E-state index contributed by atoms with van der Waals surface area (Å²) >= 11 is 0. The third kappa shape index (κ3) is 3.28. The smallest absolute Gasteiger partial charge is 0.153 e. The van der Waals surface area contributed by atoms with Gasteiger partial charge in [0.15, 0.2) is 5.82 Å². The lowest BCUT2D eigenvalue weighted by Gasteiger charge is -2.22. The number of aryl methyl sites for hydroxylation is 2. The number of nitrogens with one attached hydrogen (secondary N) is 1. The van der Waals surface area contributed by atoms with Gasteiger partial charge in [0.1, 0.15) is 5.82 Å². The molecule has 1 saturated heterocycles. The van der Waals surface area contributed by atoms with E-state index in [2.05, 4.69) is 29.2 Å². The lowest BCUT2D eigenvalue weighted by molar-refractivity contribution is 0.354. The zero-order valence-corrected chi connectivity index (χ0v) is 11.2. The summed E-state index contributed by atoms with van der Waals surface area (Å²) in [6, 6.07) is 0. The molecule has 2 heterocycles. The largest absolute Gasteiger partial charge is 0.316 e. The van der Waals surface area contributed by atoms with Crippen molar-refractivity contribution in [1.29, 1.82) is 0 Å². The predicted molar refractivity (Wildman–Crippen MR) is 69.0 cm³/mol. The topological polar surface area (TPSA) is 42.7 Å². The first-order valence-electron chi connectivity index (χ1n) is 6.77. The molecule has 1 aliphatic heterocycles. The second-order valence-corrected chi connectivity index (χ2v) is 5.42. The molecule has 2 rings (SSSR count). The van der Waals surface area contributed by atoms with Crippen LogP contribution in [-0.2, 0) is 13.5 Å². The van der Waals surface area contributed by atoms with Crippen molar-refractivity contribution >= 4 is 0 Å². The molecule has 1 fully saturated rings. The lowest BCUT2D eigenvalue weighted by Crippen LogP contribution is -2.30. The Bertz CT molecular complexity index is 350. The van der Waals surface area contributed by atoms with Crippen LogP contribution in [0.1, 0.15) is 50.7 Å². The summed E-state index contributed by atoms with van der Waals surface area (Å²) in [6.07, 6.45) is 4.97. The van der Waals surface area contributed by atoms with Crippen molar-refractivity contribution < 1.29 is 0 Å². The van der Waals surface area contributed by atoms with Gasteiger partial charge in [-0.05, 0) is 38.3 Å². The van der Waals surface area contributed by atoms with Gasteiger partial charge in [-0.1, -0.05) is 13.8 Å². The molecule has 1 unspecified atom stereocenters. The van der Waals surface area contributed by atoms with E-state index >= 15 is 0 Å². The number of piperidine rings is 1. The van der Waals surface area contributed by atoms with Crippen LogP contribution in [0.3, 0.4) is 0 Å². The van der Waals surface area contributed by atoms with Gasteiger partial charge >= 0.3 is 0 Å². The van der Waals surface area contributed by atoms with Crippen molar-refractivity contribution in [3.05, 3.63) is 11.6 Å². The number of hydrogen-bond acceptors (Lipinski definition) is 3. The Labute approximate surface area is 104 Å². The van der Waals surface area contributed by atoms with Crippen molar-refractivity contribution in [2.24, 2.45) is 13.0 Å². The monoisotopic (exact) mass is 236 g/mol. The highest BCUT2D eigenvalue weighted by atomic mass is 15.3. The van der Waals surface area contributed by atoms with E-state index in [0.29, 0.717) is 5.92 Å². The third-order valence-electron chi connectivity index (χ3n) is 3.56. The standard InChI is InChI=1S/C13H24N4/c1-10(2)13-15-12(17(3)16-13)7-6-11-5-4-8-14-9-11/h10-11,14H,4-9H2,1-3H3. The van der Waals surface area contributed by atoms with Crippen LogP contribution in [0, 0.1) is 5.92 Å². The fourth-order valence-corrected chi connectivity index (χ4v) is 2.40. The van der Waals surface area contributed by atoms with Crippen molar-refractivity contribution in [3.8, 4) is 0 Å². The normalized spacial score (nSPS) is 21.1. The molecule has 0 amide bonds. The maximum Gasteiger partial charge on any atom is 0.153 e. The van der Waals surface area contributed by atoms with E-state index in [1.54, 1.807) is 0 Å². The van der Waals surface area contributed by atoms with E-state index in [1.807, 2.05) is 11.7 Å². The van der Waals surface area contributed by atoms with E-state index in [4.69, 9.17) is 0 Å². The molecule has 4 nitrogen and oxygen atoms in total. The molecule has 96 valence electrons. The molecule has 0 aliphatic carbocycles. The minimum Gasteiger partial charge on any atom is -0.316 e. The number of nitrogens with zero attached hydrogens (tertiary/aromatic N) is 3. The van der Waals surface area contributed by atoms with Crippen LogP contribution in [-0.4, -0.2) is 27.9 Å². The maximum absolute atomic E-state index is 4.63. The summed E-state index contributed by atoms with van der Waals surface area (Å²) in [6.45, 7) is 6.65. The van der Waals surface area contributed by atoms with Gasteiger partial charge in [-0.15, -0.1) is 0 Å². The van der Waals surface area contributed by atoms with Gasteiger partial charge in [0.2, 0.25) is 0 Å². The Kier molecular flexibility index (Phi) is 4.15. The fourth-order valence-electron chi connectivity index (χ4n) is 2.40. The van der Waals surface area contributed by atoms with E-state index in [9.17, 15) is 0 Å². The maximum atomic E-state index is 4.63. The second kappa shape index (κ2) is 5.63. The molecule has 1 aliphatic rings. The summed E-state index contributed by atoms with van der Waals surface area (Å²) in [5.74, 6) is 3.36. The van der Waals surface area contributed by atoms with Crippen LogP contribution in [0.5, 0.6) is 0 Å². The van der Waals surface area contributed by atoms with Gasteiger partial charge < -0.3 is 5.32 Å². The molecule has 17 heavy (non-hydrogen) atoms. The van der Waals surface area contributed by atoms with Crippen LogP contribution < -0.4 is 5.32 Å². The van der Waals surface area contributed by atoms with Crippen LogP contribution in [0.4, 0.5) is 0 Å². The van der Waals surface area contributed by atoms with Gasteiger partial charge in [0.05, 0.1) is 0 Å². The first-order valence-corrected chi connectivity index (χ1v) is 6.77. The predicted octanol–water partition coefficient (Wildman–Crippen LogP) is 1.87. The molecule has 0 spiro atoms. The highest BCUT2D eigenvalue weighted by Crippen LogP contribution is 2.17. The number of aromatic nitrogens is 3. The fraction of sp³-hybridized carbons (Fsp3) is 0.846. The van der Waals surface area contributed by atoms with Gasteiger partial charge in [0, 0.05) is 19.4 Å². The minimum absolute atomic E-state index is 0.422. The molecule has 1 atom stereocenters. The Morgan fingerprint density at radius 2 is 2.29 bits per heavy atom. The molecule has 1 N–H and O–H groups in total. The molecule has 0 aromatic carbocycles. The molecule has 1 aromatic rings. The second-order valence-electron chi connectivity index (χ2n) is 5.42. The van der Waals surface area contributed by atoms with E-state index in [0.717, 1.165) is 24.0 Å². The summed E-state index contributed by atoms with van der Waals surface area (Å²) in [5, 5.41) is 7.93. The summed E-state index contributed by atoms with van der Waals surface area (Å²) in [7, 11) is 2.01. The quantitative estimate of drug-likeness (QED) is 0.868. The zero-order chi connectivity index (χ0) is 12.3. The Balaban J connectivity index is 1.89. The van der Waals surface area contributed by atoms with Crippen molar-refractivity contribution in [2.75, 3.05) is 13.1 Å². The third-order valence-corrected chi connectivity index (χ3v) is 3.56. The molecule has 0 bridgehead atoms. The van der Waals surface area contributed by atoms with Crippen LogP contribution >= 0.6 is 0 Å². The first-order chi connectivity index (χ1) is 8.16. The molecule has 0 radical (unpaired) electrons. The zero-order valence-electron chi connectivity index (χ0n) is 11.2. The Morgan fingerprint density at radius 1 is 1.47 bits per heavy atom. The van der Waals surface area contributed by atoms with E-state index in [-0.39, 0.29) is 0 Å². The van der Waals surface area contributed by atoms with Crippen molar-refractivity contribution in [1.82, 2.24) is 20.1 Å². The average molecular weight is 236 g/mol. The highest BCUT2D eigenvalue weighted by molar-refractivity contribution is 4.97. The highest BCUT2D eigenvalue weighted by Gasteiger charge is 2.15. The number of hydrogen-bond donors (Lipinski definition) is 1.